The van der Waals surface area contributed by atoms with E-state index in [1.54, 1.807) is 17.0 Å². The van der Waals surface area contributed by atoms with Gasteiger partial charge in [-0.25, -0.2) is 0 Å². The lowest BCUT2D eigenvalue weighted by Gasteiger charge is -2.58. The molecule has 2 fully saturated rings. The summed E-state index contributed by atoms with van der Waals surface area (Å²) in [6, 6.07) is 5.24. The molecule has 0 aromatic heterocycles. The van der Waals surface area contributed by atoms with Gasteiger partial charge >= 0.3 is 6.61 Å². The summed E-state index contributed by atoms with van der Waals surface area (Å²) in [7, 11) is 0. The van der Waals surface area contributed by atoms with Gasteiger partial charge in [0.25, 0.3) is 0 Å². The van der Waals surface area contributed by atoms with Gasteiger partial charge in [0, 0.05) is 15.6 Å². The zero-order chi connectivity index (χ0) is 17.8. The first-order chi connectivity index (χ1) is 11.8. The minimum absolute atomic E-state index is 0.0101. The Morgan fingerprint density at radius 3 is 3.09 bits per heavy atom. The van der Waals surface area contributed by atoms with Crippen LogP contribution >= 0.6 is 0 Å². The van der Waals surface area contributed by atoms with Crippen molar-refractivity contribution in [3.8, 4) is 5.75 Å². The number of fused-ring (bicyclic) bond motifs is 1. The number of halogens is 2. The largest absolute Gasteiger partial charge is 0.435 e. The summed E-state index contributed by atoms with van der Waals surface area (Å²) >= 11 is 0. The molecule has 1 heterocycles. The molecular formula is C18H23F2NO. The normalized spacial score (nSPS) is 36.8. The van der Waals surface area contributed by atoms with Gasteiger partial charge in [0.05, 0.1) is 0 Å². The van der Waals surface area contributed by atoms with Crippen molar-refractivity contribution in [2.45, 2.75) is 56.6 Å². The number of nitrogens with zero attached hydrogens (tertiary/aromatic N) is 1. The number of likely N-dealkylation sites (tertiary alicyclic amines) is 1. The first-order valence-electron chi connectivity index (χ1n) is 9.66. The lowest BCUT2D eigenvalue weighted by atomic mass is 9.52. The van der Waals surface area contributed by atoms with Gasteiger partial charge in [-0.2, -0.15) is 8.78 Å². The molecule has 22 heavy (non-hydrogen) atoms. The Morgan fingerprint density at radius 1 is 1.36 bits per heavy atom. The highest BCUT2D eigenvalue weighted by molar-refractivity contribution is 5.45. The van der Waals surface area contributed by atoms with Gasteiger partial charge in [0.2, 0.25) is 0 Å². The average molecular weight is 310 g/mol. The van der Waals surface area contributed by atoms with Crippen molar-refractivity contribution < 1.29 is 17.6 Å². The molecular weight excluding hydrogens is 284 g/mol. The summed E-state index contributed by atoms with van der Waals surface area (Å²) in [5.41, 5.74) is 2.13. The van der Waals surface area contributed by atoms with Gasteiger partial charge in [-0.3, -0.25) is 0 Å². The van der Waals surface area contributed by atoms with Crippen molar-refractivity contribution in [1.82, 2.24) is 4.90 Å². The zero-order valence-corrected chi connectivity index (χ0v) is 12.5. The second kappa shape index (κ2) is 5.19. The van der Waals surface area contributed by atoms with E-state index in [1.807, 2.05) is 6.07 Å². The minimum atomic E-state index is -2.83. The maximum atomic E-state index is 12.6. The Hall–Kier alpha value is -1.16. The molecule has 1 saturated heterocycles. The van der Waals surface area contributed by atoms with Gasteiger partial charge in [0.15, 0.2) is 0 Å². The number of piperidine rings is 1. The van der Waals surface area contributed by atoms with Gasteiger partial charge in [0.1, 0.15) is 5.75 Å². The van der Waals surface area contributed by atoms with Crippen LogP contribution in [0.2, 0.25) is 0 Å². The van der Waals surface area contributed by atoms with Crippen LogP contribution in [0.15, 0.2) is 18.2 Å². The Labute approximate surface area is 134 Å². The van der Waals surface area contributed by atoms with Crippen molar-refractivity contribution >= 4 is 0 Å². The highest BCUT2D eigenvalue weighted by Gasteiger charge is 2.53. The Morgan fingerprint density at radius 2 is 2.27 bits per heavy atom. The monoisotopic (exact) mass is 310 g/mol. The Bertz CT molecular complexity index is 666. The summed E-state index contributed by atoms with van der Waals surface area (Å²) in [5, 5.41) is 0. The van der Waals surface area contributed by atoms with Gasteiger partial charge in [-0.15, -0.1) is 0 Å². The standard InChI is InChI=1S/C18H23F2NO/c1-21-9-8-18-7-3-2-4-14(18)16(21)10-12-5-6-13(11-15(12)18)22-17(19)20/h5-6,11,14,16-17H,2-4,7-10H2,1H3/t14-,16+,18?/m1/s1/i1D3. The van der Waals surface area contributed by atoms with Crippen molar-refractivity contribution in [3.05, 3.63) is 29.3 Å². The SMILES string of the molecule is [2H]C([2H])([2H])N1CCC23CCCC[C@@H]2[C@@H]1Cc1ccc(OC(F)F)cc13. The molecule has 1 aliphatic heterocycles. The highest BCUT2D eigenvalue weighted by Crippen LogP contribution is 2.55. The van der Waals surface area contributed by atoms with Crippen LogP contribution in [0.4, 0.5) is 8.78 Å². The van der Waals surface area contributed by atoms with Crippen molar-refractivity contribution in [3.63, 3.8) is 0 Å². The van der Waals surface area contributed by atoms with Gasteiger partial charge in [-0.05, 0) is 68.4 Å². The predicted molar refractivity (Wildman–Crippen MR) is 81.4 cm³/mol. The molecule has 1 aromatic carbocycles. The summed E-state index contributed by atoms with van der Waals surface area (Å²) in [6.07, 6.45) is 5.69. The lowest BCUT2D eigenvalue weighted by Crippen LogP contribution is -2.59. The van der Waals surface area contributed by atoms with Crippen LogP contribution in [-0.4, -0.2) is 31.1 Å². The number of likely N-dealkylation sites (N-methyl/N-ethyl adjacent to an activating group) is 1. The topological polar surface area (TPSA) is 12.5 Å². The van der Waals surface area contributed by atoms with Crippen LogP contribution in [0.25, 0.3) is 0 Å². The molecule has 1 aromatic rings. The van der Waals surface area contributed by atoms with Crippen molar-refractivity contribution in [1.29, 1.82) is 0 Å². The minimum Gasteiger partial charge on any atom is -0.435 e. The van der Waals surface area contributed by atoms with E-state index >= 15 is 0 Å². The molecule has 1 unspecified atom stereocenters. The summed E-state index contributed by atoms with van der Waals surface area (Å²) < 4.78 is 53.6. The number of benzene rings is 1. The van der Waals surface area contributed by atoms with Crippen molar-refractivity contribution in [2.75, 3.05) is 13.5 Å². The average Bonchev–Trinajstić information content (AvgIpc) is 2.54. The van der Waals surface area contributed by atoms with Crippen LogP contribution in [0, 0.1) is 5.92 Å². The van der Waals surface area contributed by atoms with Crippen LogP contribution in [0.1, 0.15) is 47.3 Å². The molecule has 0 radical (unpaired) electrons. The quantitative estimate of drug-likeness (QED) is 0.819. The summed E-state index contributed by atoms with van der Waals surface area (Å²) in [5.74, 6) is 0.494. The fourth-order valence-electron chi connectivity index (χ4n) is 5.16. The fraction of sp³-hybridized carbons (Fsp3) is 0.667. The number of hydrogen-bond donors (Lipinski definition) is 0. The van der Waals surface area contributed by atoms with E-state index in [4.69, 9.17) is 4.11 Å². The van der Waals surface area contributed by atoms with E-state index < -0.39 is 13.6 Å². The Balaban J connectivity index is 1.79. The zero-order valence-electron chi connectivity index (χ0n) is 15.5. The van der Waals surface area contributed by atoms with Crippen LogP contribution < -0.4 is 4.74 Å². The van der Waals surface area contributed by atoms with Crippen LogP contribution in [-0.2, 0) is 11.8 Å². The van der Waals surface area contributed by atoms with E-state index in [1.165, 1.54) is 0 Å². The number of alkyl halides is 2. The van der Waals surface area contributed by atoms with E-state index in [0.29, 0.717) is 13.0 Å². The first-order valence-corrected chi connectivity index (χ1v) is 8.16. The fourth-order valence-corrected chi connectivity index (χ4v) is 5.16. The third-order valence-corrected chi connectivity index (χ3v) is 6.03. The summed E-state index contributed by atoms with van der Waals surface area (Å²) in [4.78, 5) is 1.70. The van der Waals surface area contributed by atoms with E-state index in [2.05, 4.69) is 4.74 Å². The third kappa shape index (κ3) is 2.07. The Kier molecular flexibility index (Phi) is 2.69. The van der Waals surface area contributed by atoms with Gasteiger partial charge in [-0.1, -0.05) is 18.9 Å². The molecule has 4 heteroatoms. The lowest BCUT2D eigenvalue weighted by molar-refractivity contribution is -0.0503. The maximum absolute atomic E-state index is 12.6. The van der Waals surface area contributed by atoms with Gasteiger partial charge < -0.3 is 9.64 Å². The van der Waals surface area contributed by atoms with Crippen LogP contribution in [0.3, 0.4) is 0 Å². The highest BCUT2D eigenvalue weighted by atomic mass is 19.3. The van der Waals surface area contributed by atoms with E-state index in [9.17, 15) is 8.78 Å². The molecule has 1 saturated carbocycles. The molecule has 2 nitrogen and oxygen atoms in total. The second-order valence-corrected chi connectivity index (χ2v) is 6.92. The predicted octanol–water partition coefficient (Wildman–Crippen LogP) is 3.98. The summed E-state index contributed by atoms with van der Waals surface area (Å²) in [6.45, 7) is -4.37. The van der Waals surface area contributed by atoms with Crippen molar-refractivity contribution in [2.24, 2.45) is 5.92 Å². The van der Waals surface area contributed by atoms with E-state index in [-0.39, 0.29) is 23.1 Å². The molecule has 3 atom stereocenters. The molecule has 0 amide bonds. The molecule has 4 rings (SSSR count). The molecule has 3 aliphatic rings. The maximum Gasteiger partial charge on any atom is 0.387 e. The molecule has 120 valence electrons. The molecule has 0 N–H and O–H groups in total. The number of hydrogen-bond acceptors (Lipinski definition) is 2. The van der Waals surface area contributed by atoms with Crippen LogP contribution in [0.5, 0.6) is 5.75 Å². The third-order valence-electron chi connectivity index (χ3n) is 6.03. The smallest absolute Gasteiger partial charge is 0.387 e. The van der Waals surface area contributed by atoms with E-state index in [0.717, 1.165) is 43.2 Å². The molecule has 2 bridgehead atoms. The molecule has 0 spiro atoms. The second-order valence-electron chi connectivity index (χ2n) is 6.92. The number of rotatable bonds is 2. The first kappa shape index (κ1) is 11.4. The number of ether oxygens (including phenoxy) is 1. The molecule has 2 aliphatic carbocycles.